The van der Waals surface area contributed by atoms with Crippen molar-refractivity contribution in [3.8, 4) is 0 Å². The Morgan fingerprint density at radius 2 is 1.91 bits per heavy atom. The molecule has 1 unspecified atom stereocenters. The van der Waals surface area contributed by atoms with E-state index >= 15 is 0 Å². The van der Waals surface area contributed by atoms with E-state index in [0.29, 0.717) is 6.61 Å². The van der Waals surface area contributed by atoms with Crippen LogP contribution in [0, 0.1) is 0 Å². The van der Waals surface area contributed by atoms with E-state index in [-0.39, 0.29) is 0 Å². The molecule has 0 aromatic carbocycles. The van der Waals surface area contributed by atoms with Crippen LogP contribution < -0.4 is 0 Å². The predicted octanol–water partition coefficient (Wildman–Crippen LogP) is 1.77. The van der Waals surface area contributed by atoms with Crippen LogP contribution in [0.1, 0.15) is 39.0 Å². The molecule has 0 N–H and O–H groups in total. The molecule has 11 heavy (non-hydrogen) atoms. The summed E-state index contributed by atoms with van der Waals surface area (Å²) in [6, 6.07) is 0. The third-order valence-electron chi connectivity index (χ3n) is 1.43. The summed E-state index contributed by atoms with van der Waals surface area (Å²) in [7, 11) is 0. The third kappa shape index (κ3) is 10.1. The van der Waals surface area contributed by atoms with E-state index in [1.54, 1.807) is 0 Å². The van der Waals surface area contributed by atoms with Gasteiger partial charge in [0.05, 0.1) is 18.0 Å². The van der Waals surface area contributed by atoms with Crippen LogP contribution in [-0.2, 0) is 15.5 Å². The highest BCUT2D eigenvalue weighted by atomic mass is 32.2. The van der Waals surface area contributed by atoms with Gasteiger partial charge in [0, 0.05) is 0 Å². The Labute approximate surface area is 70.6 Å². The minimum atomic E-state index is -2.32. The van der Waals surface area contributed by atoms with Gasteiger partial charge in [-0.25, -0.2) is 4.21 Å². The molecular weight excluding hydrogens is 164 g/mol. The van der Waals surface area contributed by atoms with Crippen molar-refractivity contribution >= 4 is 11.4 Å². The first-order valence-electron chi connectivity index (χ1n) is 4.00. The van der Waals surface area contributed by atoms with Crippen molar-refractivity contribution in [2.24, 2.45) is 0 Å². The second-order valence-electron chi connectivity index (χ2n) is 2.44. The average molecular weight is 179 g/mol. The monoisotopic (exact) mass is 179 g/mol. The maximum Gasteiger partial charge on any atom is 0.0842 e. The number of rotatable bonds is 7. The fraction of sp³-hybridized carbons (Fsp3) is 1.00. The zero-order chi connectivity index (χ0) is 8.53. The van der Waals surface area contributed by atoms with Crippen molar-refractivity contribution in [1.82, 2.24) is 0 Å². The van der Waals surface area contributed by atoms with E-state index in [9.17, 15) is 8.76 Å². The average Bonchev–Trinajstić information content (AvgIpc) is 1.96. The fourth-order valence-corrected chi connectivity index (χ4v) is 1.09. The number of hydrogen-bond acceptors (Lipinski definition) is 3. The second kappa shape index (κ2) is 8.17. The Bertz CT molecular complexity index is 106. The zero-order valence-corrected chi connectivity index (χ0v) is 7.69. The number of unbranched alkanes of at least 4 members (excludes halogenated alkanes) is 4. The molecule has 0 aromatic heterocycles. The molecule has 68 valence electrons. The molecule has 0 rings (SSSR count). The SMILES string of the molecule is CCCCCCCOS(=O)[O-]. The minimum absolute atomic E-state index is 0.333. The van der Waals surface area contributed by atoms with Crippen molar-refractivity contribution < 1.29 is 12.9 Å². The topological polar surface area (TPSA) is 49.4 Å². The van der Waals surface area contributed by atoms with Gasteiger partial charge in [0.15, 0.2) is 0 Å². The molecule has 0 aliphatic rings. The molecule has 0 amide bonds. The maximum atomic E-state index is 9.87. The molecule has 0 aromatic rings. The summed E-state index contributed by atoms with van der Waals surface area (Å²) in [5.41, 5.74) is 0. The summed E-state index contributed by atoms with van der Waals surface area (Å²) in [6.45, 7) is 2.48. The molecule has 0 saturated heterocycles. The molecule has 3 nitrogen and oxygen atoms in total. The maximum absolute atomic E-state index is 9.87. The third-order valence-corrected chi connectivity index (χ3v) is 1.79. The first-order valence-corrected chi connectivity index (χ1v) is 5.00. The second-order valence-corrected chi connectivity index (χ2v) is 3.08. The summed E-state index contributed by atoms with van der Waals surface area (Å²) >= 11 is -2.32. The van der Waals surface area contributed by atoms with Gasteiger partial charge in [-0.2, -0.15) is 0 Å². The molecule has 0 saturated carbocycles. The van der Waals surface area contributed by atoms with Crippen LogP contribution in [-0.4, -0.2) is 15.4 Å². The highest BCUT2D eigenvalue weighted by Gasteiger charge is 1.88. The van der Waals surface area contributed by atoms with Crippen LogP contribution in [0.4, 0.5) is 0 Å². The first kappa shape index (κ1) is 11.1. The smallest absolute Gasteiger partial charge is 0.0842 e. The minimum Gasteiger partial charge on any atom is -0.750 e. The molecule has 0 bridgehead atoms. The van der Waals surface area contributed by atoms with E-state index in [0.717, 1.165) is 12.8 Å². The molecule has 0 aliphatic carbocycles. The van der Waals surface area contributed by atoms with Crippen molar-refractivity contribution in [2.45, 2.75) is 39.0 Å². The highest BCUT2D eigenvalue weighted by Crippen LogP contribution is 2.02. The highest BCUT2D eigenvalue weighted by molar-refractivity contribution is 7.74. The fourth-order valence-electron chi connectivity index (χ4n) is 0.833. The van der Waals surface area contributed by atoms with Crippen molar-refractivity contribution in [3.63, 3.8) is 0 Å². The molecule has 4 heteroatoms. The van der Waals surface area contributed by atoms with Crippen molar-refractivity contribution in [1.29, 1.82) is 0 Å². The largest absolute Gasteiger partial charge is 0.750 e. The summed E-state index contributed by atoms with van der Waals surface area (Å²) in [6.07, 6.45) is 5.50. The standard InChI is InChI=1S/C7H16O3S/c1-2-3-4-5-6-7-10-11(8)9/h2-7H2,1H3,(H,8,9)/p-1. The van der Waals surface area contributed by atoms with Gasteiger partial charge < -0.3 is 8.74 Å². The van der Waals surface area contributed by atoms with Gasteiger partial charge in [-0.1, -0.05) is 32.6 Å². The Balaban J connectivity index is 2.85. The Kier molecular flexibility index (Phi) is 8.22. The van der Waals surface area contributed by atoms with Gasteiger partial charge in [0.25, 0.3) is 0 Å². The molecule has 0 spiro atoms. The quantitative estimate of drug-likeness (QED) is 0.442. The summed E-state index contributed by atoms with van der Waals surface area (Å²) in [4.78, 5) is 0. The van der Waals surface area contributed by atoms with Gasteiger partial charge in [-0.3, -0.25) is 0 Å². The first-order chi connectivity index (χ1) is 5.27. The van der Waals surface area contributed by atoms with Gasteiger partial charge >= 0.3 is 0 Å². The molecule has 0 fully saturated rings. The lowest BCUT2D eigenvalue weighted by Gasteiger charge is -2.04. The van der Waals surface area contributed by atoms with Crippen LogP contribution >= 0.6 is 0 Å². The summed E-state index contributed by atoms with van der Waals surface area (Å²) < 4.78 is 24.1. The predicted molar refractivity (Wildman–Crippen MR) is 43.6 cm³/mol. The molecule has 0 radical (unpaired) electrons. The van der Waals surface area contributed by atoms with Gasteiger partial charge in [-0.15, -0.1) is 0 Å². The van der Waals surface area contributed by atoms with Crippen LogP contribution in [0.5, 0.6) is 0 Å². The summed E-state index contributed by atoms with van der Waals surface area (Å²) in [5, 5.41) is 0. The number of hydrogen-bond donors (Lipinski definition) is 0. The van der Waals surface area contributed by atoms with Crippen molar-refractivity contribution in [3.05, 3.63) is 0 Å². The molecule has 1 atom stereocenters. The van der Waals surface area contributed by atoms with E-state index in [4.69, 9.17) is 0 Å². The zero-order valence-electron chi connectivity index (χ0n) is 6.88. The van der Waals surface area contributed by atoms with Gasteiger partial charge in [0.2, 0.25) is 0 Å². The van der Waals surface area contributed by atoms with Crippen LogP contribution in [0.15, 0.2) is 0 Å². The molecule has 0 aliphatic heterocycles. The Hall–Kier alpha value is 0.0700. The van der Waals surface area contributed by atoms with Crippen LogP contribution in [0.25, 0.3) is 0 Å². The summed E-state index contributed by atoms with van der Waals surface area (Å²) in [5.74, 6) is 0. The van der Waals surface area contributed by atoms with Gasteiger partial charge in [-0.05, 0) is 6.42 Å². The Morgan fingerprint density at radius 1 is 1.27 bits per heavy atom. The van der Waals surface area contributed by atoms with E-state index < -0.39 is 11.4 Å². The lowest BCUT2D eigenvalue weighted by molar-refractivity contribution is 0.291. The van der Waals surface area contributed by atoms with Crippen LogP contribution in [0.2, 0.25) is 0 Å². The lowest BCUT2D eigenvalue weighted by atomic mass is 10.2. The normalized spacial score (nSPS) is 13.3. The van der Waals surface area contributed by atoms with E-state index in [1.807, 2.05) is 0 Å². The van der Waals surface area contributed by atoms with Crippen molar-refractivity contribution in [2.75, 3.05) is 6.61 Å². The lowest BCUT2D eigenvalue weighted by Crippen LogP contribution is -1.97. The van der Waals surface area contributed by atoms with E-state index in [1.165, 1.54) is 19.3 Å². The Morgan fingerprint density at radius 3 is 2.45 bits per heavy atom. The van der Waals surface area contributed by atoms with Gasteiger partial charge in [0.1, 0.15) is 0 Å². The molecular formula is C7H15O3S-. The molecule has 0 heterocycles. The van der Waals surface area contributed by atoms with E-state index in [2.05, 4.69) is 11.1 Å². The van der Waals surface area contributed by atoms with Crippen LogP contribution in [0.3, 0.4) is 0 Å².